The first kappa shape index (κ1) is 27.2. The van der Waals surface area contributed by atoms with E-state index in [1.54, 1.807) is 53.1 Å². The van der Waals surface area contributed by atoms with Crippen molar-refractivity contribution in [2.45, 2.75) is 37.4 Å². The van der Waals surface area contributed by atoms with Gasteiger partial charge in [-0.05, 0) is 55.8 Å². The number of hydrogen-bond donors (Lipinski definition) is 2. The Morgan fingerprint density at radius 3 is 2.27 bits per heavy atom. The number of amides is 1. The first-order valence-corrected chi connectivity index (χ1v) is 13.7. The second-order valence-corrected chi connectivity index (χ2v) is 11.9. The molecule has 2 aromatic carbocycles. The molecule has 1 aliphatic rings. The number of likely N-dealkylation sites (tertiary alicyclic amines) is 1. The van der Waals surface area contributed by atoms with Crippen LogP contribution in [0.2, 0.25) is 0 Å². The van der Waals surface area contributed by atoms with E-state index in [0.717, 1.165) is 0 Å². The highest BCUT2D eigenvalue weighted by Crippen LogP contribution is 2.40. The summed E-state index contributed by atoms with van der Waals surface area (Å²) in [7, 11) is -4.00. The fourth-order valence-corrected chi connectivity index (χ4v) is 6.92. The summed E-state index contributed by atoms with van der Waals surface area (Å²) in [6.07, 6.45) is -4.35. The maximum absolute atomic E-state index is 13.8. The van der Waals surface area contributed by atoms with Crippen molar-refractivity contribution in [3.63, 3.8) is 0 Å². The second-order valence-electron chi connectivity index (χ2n) is 9.41. The van der Waals surface area contributed by atoms with Gasteiger partial charge in [0.15, 0.2) is 14.7 Å². The van der Waals surface area contributed by atoms with Gasteiger partial charge < -0.3 is 15.4 Å². The molecule has 37 heavy (non-hydrogen) atoms. The number of piperidine rings is 1. The minimum atomic E-state index is -4.25. The number of nitrogens with zero attached hydrogens (tertiary/aromatic N) is 2. The zero-order valence-electron chi connectivity index (χ0n) is 20.4. The third kappa shape index (κ3) is 4.87. The monoisotopic (exact) mass is 537 g/mol. The molecule has 1 atom stereocenters. The first-order chi connectivity index (χ1) is 17.4. The Morgan fingerprint density at radius 2 is 1.73 bits per heavy atom. The van der Waals surface area contributed by atoms with Gasteiger partial charge in [0.05, 0.1) is 23.8 Å². The number of sulfone groups is 1. The van der Waals surface area contributed by atoms with E-state index in [0.29, 0.717) is 22.2 Å². The van der Waals surface area contributed by atoms with Crippen LogP contribution in [-0.4, -0.2) is 60.5 Å². The van der Waals surface area contributed by atoms with E-state index in [1.165, 1.54) is 13.0 Å². The molecular weight excluding hydrogens is 507 g/mol. The Labute approximate surface area is 213 Å². The lowest BCUT2D eigenvalue weighted by Gasteiger charge is -2.38. The number of rotatable bonds is 8. The van der Waals surface area contributed by atoms with Crippen molar-refractivity contribution in [3.05, 3.63) is 71.4 Å². The van der Waals surface area contributed by atoms with Gasteiger partial charge in [0, 0.05) is 23.2 Å². The summed E-state index contributed by atoms with van der Waals surface area (Å²) >= 11 is 0. The number of nitrogens with two attached hydrogens (primary N) is 1. The molecule has 1 fully saturated rings. The van der Waals surface area contributed by atoms with Crippen LogP contribution >= 0.6 is 0 Å². The number of aliphatic hydroxyl groups is 1. The molecule has 0 bridgehead atoms. The van der Waals surface area contributed by atoms with Crippen molar-refractivity contribution in [2.75, 3.05) is 25.4 Å². The molecule has 1 aliphatic heterocycles. The third-order valence-electron chi connectivity index (χ3n) is 7.29. The summed E-state index contributed by atoms with van der Waals surface area (Å²) in [5.74, 6) is -2.28. The maximum Gasteiger partial charge on any atom is 0.391 e. The van der Waals surface area contributed by atoms with Crippen molar-refractivity contribution in [3.8, 4) is 0 Å². The molecule has 0 radical (unpaired) electrons. The summed E-state index contributed by atoms with van der Waals surface area (Å²) in [5.41, 5.74) is 7.00. The number of benzene rings is 2. The number of primary amides is 1. The standard InChI is InChI=1S/C26H30F3N3O4S/c1-2-37(35,36)25(17-33,20-6-4-3-5-7-20)32-22(15-19-14-18(24(30)34)8-9-23(19)32)16-31-12-10-21(11-13-31)26(27,28)29/h3-9,14-15,21,33H,2,10-13,16-17H2,1H3,(H2,30,34). The predicted octanol–water partition coefficient (Wildman–Crippen LogP) is 3.64. The highest BCUT2D eigenvalue weighted by molar-refractivity contribution is 7.92. The summed E-state index contributed by atoms with van der Waals surface area (Å²) in [6.45, 7) is 1.28. The lowest BCUT2D eigenvalue weighted by molar-refractivity contribution is -0.185. The topological polar surface area (TPSA) is 106 Å². The number of fused-ring (bicyclic) bond motifs is 1. The van der Waals surface area contributed by atoms with Crippen molar-refractivity contribution < 1.29 is 31.5 Å². The Hall–Kier alpha value is -2.89. The van der Waals surface area contributed by atoms with Crippen molar-refractivity contribution in [1.82, 2.24) is 9.47 Å². The van der Waals surface area contributed by atoms with Gasteiger partial charge in [-0.25, -0.2) is 8.42 Å². The van der Waals surface area contributed by atoms with Crippen LogP contribution in [0.3, 0.4) is 0 Å². The number of carbonyl (C=O) groups excluding carboxylic acids is 1. The van der Waals surface area contributed by atoms with E-state index in [9.17, 15) is 31.5 Å². The molecule has 4 rings (SSSR count). The van der Waals surface area contributed by atoms with Crippen LogP contribution in [-0.2, 0) is 21.3 Å². The molecule has 0 spiro atoms. The maximum atomic E-state index is 13.8. The summed E-state index contributed by atoms with van der Waals surface area (Å²) < 4.78 is 68.7. The number of hydrogen-bond acceptors (Lipinski definition) is 5. The number of carbonyl (C=O) groups is 1. The van der Waals surface area contributed by atoms with E-state index < -0.39 is 39.3 Å². The van der Waals surface area contributed by atoms with Gasteiger partial charge in [-0.1, -0.05) is 37.3 Å². The minimum absolute atomic E-state index is 0.0490. The lowest BCUT2D eigenvalue weighted by Crippen LogP contribution is -2.48. The number of aliphatic hydroxyl groups excluding tert-OH is 1. The molecule has 1 amide bonds. The molecular formula is C26H30F3N3O4S. The molecule has 1 aromatic heterocycles. The summed E-state index contributed by atoms with van der Waals surface area (Å²) in [5, 5.41) is 11.4. The summed E-state index contributed by atoms with van der Waals surface area (Å²) in [6, 6.07) is 14.7. The number of halogens is 3. The van der Waals surface area contributed by atoms with Crippen molar-refractivity contribution in [2.24, 2.45) is 11.7 Å². The largest absolute Gasteiger partial charge is 0.392 e. The van der Waals surface area contributed by atoms with E-state index >= 15 is 0 Å². The molecule has 7 nitrogen and oxygen atoms in total. The Balaban J connectivity index is 1.91. The SMILES string of the molecule is CCS(=O)(=O)C(CO)(c1ccccc1)n1c(CN2CCC(C(F)(F)F)CC2)cc2cc(C(N)=O)ccc21. The zero-order valence-corrected chi connectivity index (χ0v) is 21.2. The molecule has 2 heterocycles. The highest BCUT2D eigenvalue weighted by atomic mass is 32.2. The zero-order chi connectivity index (χ0) is 27.0. The van der Waals surface area contributed by atoms with Crippen molar-refractivity contribution in [1.29, 1.82) is 0 Å². The highest BCUT2D eigenvalue weighted by Gasteiger charge is 2.48. The first-order valence-electron chi connectivity index (χ1n) is 12.1. The molecule has 200 valence electrons. The van der Waals surface area contributed by atoms with E-state index in [1.807, 2.05) is 4.90 Å². The van der Waals surface area contributed by atoms with Gasteiger partial charge in [0.2, 0.25) is 5.91 Å². The fourth-order valence-electron chi connectivity index (χ4n) is 5.26. The average Bonchev–Trinajstić information content (AvgIpc) is 3.22. The second kappa shape index (κ2) is 10.1. The van der Waals surface area contributed by atoms with Crippen LogP contribution in [0, 0.1) is 5.92 Å². The number of aromatic nitrogens is 1. The molecule has 1 unspecified atom stereocenters. The van der Waals surface area contributed by atoms with Gasteiger partial charge in [-0.3, -0.25) is 9.69 Å². The van der Waals surface area contributed by atoms with Gasteiger partial charge in [-0.2, -0.15) is 13.2 Å². The Morgan fingerprint density at radius 1 is 1.08 bits per heavy atom. The number of alkyl halides is 3. The predicted molar refractivity (Wildman–Crippen MR) is 135 cm³/mol. The van der Waals surface area contributed by atoms with Crippen LogP contribution in [0.15, 0.2) is 54.6 Å². The van der Waals surface area contributed by atoms with E-state index in [4.69, 9.17) is 5.73 Å². The Bertz CT molecular complexity index is 1380. The van der Waals surface area contributed by atoms with Crippen LogP contribution in [0.4, 0.5) is 13.2 Å². The molecule has 3 N–H and O–H groups in total. The normalized spacial score (nSPS) is 17.6. The van der Waals surface area contributed by atoms with Gasteiger partial charge >= 0.3 is 6.18 Å². The Kier molecular flexibility index (Phi) is 7.42. The van der Waals surface area contributed by atoms with E-state index in [2.05, 4.69) is 0 Å². The van der Waals surface area contributed by atoms with E-state index in [-0.39, 0.29) is 43.8 Å². The minimum Gasteiger partial charge on any atom is -0.392 e. The van der Waals surface area contributed by atoms with Crippen LogP contribution in [0.5, 0.6) is 0 Å². The van der Waals surface area contributed by atoms with Crippen LogP contribution in [0.25, 0.3) is 10.9 Å². The third-order valence-corrected chi connectivity index (χ3v) is 9.63. The molecule has 11 heteroatoms. The quantitative estimate of drug-likeness (QED) is 0.457. The molecule has 0 aliphatic carbocycles. The van der Waals surface area contributed by atoms with Crippen LogP contribution < -0.4 is 5.73 Å². The van der Waals surface area contributed by atoms with Gasteiger partial charge in [0.1, 0.15) is 0 Å². The average molecular weight is 538 g/mol. The molecule has 1 saturated heterocycles. The van der Waals surface area contributed by atoms with Gasteiger partial charge in [0.25, 0.3) is 0 Å². The lowest BCUT2D eigenvalue weighted by atomic mass is 9.96. The van der Waals surface area contributed by atoms with Crippen LogP contribution in [0.1, 0.15) is 41.4 Å². The summed E-state index contributed by atoms with van der Waals surface area (Å²) in [4.78, 5) is 11.8. The van der Waals surface area contributed by atoms with Gasteiger partial charge in [-0.15, -0.1) is 0 Å². The smallest absolute Gasteiger partial charge is 0.391 e. The molecule has 3 aromatic rings. The molecule has 0 saturated carbocycles. The fraction of sp³-hybridized carbons (Fsp3) is 0.423. The van der Waals surface area contributed by atoms with Crippen molar-refractivity contribution >= 4 is 26.6 Å².